The third-order valence-electron chi connectivity index (χ3n) is 4.87. The lowest BCUT2D eigenvalue weighted by Gasteiger charge is -2.27. The Balaban J connectivity index is 1.78. The Morgan fingerprint density at radius 1 is 1.24 bits per heavy atom. The molecule has 0 bridgehead atoms. The first-order chi connectivity index (χ1) is 10.1. The number of ether oxygens (including phenoxy) is 1. The van der Waals surface area contributed by atoms with E-state index in [4.69, 9.17) is 4.74 Å². The molecule has 1 aliphatic heterocycles. The van der Waals surface area contributed by atoms with Gasteiger partial charge in [0.1, 0.15) is 5.76 Å². The van der Waals surface area contributed by atoms with Crippen LogP contribution in [0, 0.1) is 19.8 Å². The molecule has 1 aliphatic carbocycles. The smallest absolute Gasteiger partial charge is 0.343 e. The number of carbonyl (C=O) groups excluding carboxylic acids is 1. The van der Waals surface area contributed by atoms with Crippen molar-refractivity contribution in [1.29, 1.82) is 0 Å². The van der Waals surface area contributed by atoms with E-state index in [9.17, 15) is 4.79 Å². The van der Waals surface area contributed by atoms with E-state index in [-0.39, 0.29) is 5.97 Å². The van der Waals surface area contributed by atoms with Crippen LogP contribution in [0.1, 0.15) is 40.7 Å². The molecule has 112 valence electrons. The van der Waals surface area contributed by atoms with Crippen LogP contribution in [0.5, 0.6) is 0 Å². The molecule has 1 heterocycles. The zero-order valence-electron chi connectivity index (χ0n) is 13.1. The SMILES string of the molecule is Cc1cccc(C)c1C(=O)OC1=CC2C(CC1)CCN2C. The molecule has 21 heavy (non-hydrogen) atoms. The molecule has 2 atom stereocenters. The molecule has 2 aliphatic rings. The Labute approximate surface area is 126 Å². The van der Waals surface area contributed by atoms with Crippen LogP contribution in [-0.4, -0.2) is 30.5 Å². The average Bonchev–Trinajstić information content (AvgIpc) is 2.80. The van der Waals surface area contributed by atoms with Crippen molar-refractivity contribution in [3.05, 3.63) is 46.7 Å². The molecular weight excluding hydrogens is 262 g/mol. The summed E-state index contributed by atoms with van der Waals surface area (Å²) in [5.74, 6) is 1.37. The van der Waals surface area contributed by atoms with Gasteiger partial charge < -0.3 is 4.74 Å². The summed E-state index contributed by atoms with van der Waals surface area (Å²) in [4.78, 5) is 14.8. The van der Waals surface area contributed by atoms with Gasteiger partial charge in [0, 0.05) is 12.5 Å². The molecule has 1 fully saturated rings. The molecule has 0 radical (unpaired) electrons. The number of likely N-dealkylation sites (N-methyl/N-ethyl adjacent to an activating group) is 1. The standard InChI is InChI=1S/C18H23NO2/c1-12-5-4-6-13(2)17(12)18(20)21-15-8-7-14-9-10-19(3)16(14)11-15/h4-6,11,14,16H,7-10H2,1-3H3. The maximum atomic E-state index is 12.5. The summed E-state index contributed by atoms with van der Waals surface area (Å²) < 4.78 is 5.69. The van der Waals surface area contributed by atoms with E-state index < -0.39 is 0 Å². The van der Waals surface area contributed by atoms with Gasteiger partial charge in [-0.25, -0.2) is 4.79 Å². The minimum absolute atomic E-state index is 0.212. The molecule has 0 N–H and O–H groups in total. The third-order valence-corrected chi connectivity index (χ3v) is 4.87. The van der Waals surface area contributed by atoms with Crippen LogP contribution in [0.2, 0.25) is 0 Å². The van der Waals surface area contributed by atoms with Crippen LogP contribution in [0.4, 0.5) is 0 Å². The minimum Gasteiger partial charge on any atom is -0.428 e. The van der Waals surface area contributed by atoms with Crippen LogP contribution in [0.25, 0.3) is 0 Å². The van der Waals surface area contributed by atoms with Crippen molar-refractivity contribution in [1.82, 2.24) is 4.90 Å². The number of fused-ring (bicyclic) bond motifs is 1. The monoisotopic (exact) mass is 285 g/mol. The molecule has 0 aromatic heterocycles. The Morgan fingerprint density at radius 2 is 1.95 bits per heavy atom. The van der Waals surface area contributed by atoms with Crippen molar-refractivity contribution in [3.63, 3.8) is 0 Å². The van der Waals surface area contributed by atoms with Gasteiger partial charge in [0.25, 0.3) is 0 Å². The zero-order chi connectivity index (χ0) is 15.0. The second kappa shape index (κ2) is 5.64. The Bertz CT molecular complexity index is 571. The fraction of sp³-hybridized carbons (Fsp3) is 0.500. The zero-order valence-corrected chi connectivity index (χ0v) is 13.1. The topological polar surface area (TPSA) is 29.5 Å². The van der Waals surface area contributed by atoms with Gasteiger partial charge >= 0.3 is 5.97 Å². The lowest BCUT2D eigenvalue weighted by atomic mass is 9.89. The normalized spacial score (nSPS) is 25.4. The van der Waals surface area contributed by atoms with Gasteiger partial charge in [-0.3, -0.25) is 4.90 Å². The second-order valence-corrected chi connectivity index (χ2v) is 6.35. The number of rotatable bonds is 2. The van der Waals surface area contributed by atoms with Crippen molar-refractivity contribution < 1.29 is 9.53 Å². The largest absolute Gasteiger partial charge is 0.428 e. The predicted molar refractivity (Wildman–Crippen MR) is 83.2 cm³/mol. The number of likely N-dealkylation sites (tertiary alicyclic amines) is 1. The van der Waals surface area contributed by atoms with Crippen molar-refractivity contribution in [2.75, 3.05) is 13.6 Å². The fourth-order valence-electron chi connectivity index (χ4n) is 3.62. The predicted octanol–water partition coefficient (Wildman–Crippen LogP) is 3.46. The first-order valence-electron chi connectivity index (χ1n) is 7.75. The van der Waals surface area contributed by atoms with Gasteiger partial charge in [-0.15, -0.1) is 0 Å². The molecule has 3 heteroatoms. The maximum Gasteiger partial charge on any atom is 0.343 e. The third kappa shape index (κ3) is 2.75. The van der Waals surface area contributed by atoms with E-state index in [1.54, 1.807) is 0 Å². The molecule has 0 amide bonds. The number of carbonyl (C=O) groups is 1. The van der Waals surface area contributed by atoms with Gasteiger partial charge in [-0.1, -0.05) is 18.2 Å². The van der Waals surface area contributed by atoms with E-state index in [0.29, 0.717) is 11.6 Å². The second-order valence-electron chi connectivity index (χ2n) is 6.35. The van der Waals surface area contributed by atoms with Crippen molar-refractivity contribution in [2.24, 2.45) is 5.92 Å². The Hall–Kier alpha value is -1.61. The molecule has 0 spiro atoms. The van der Waals surface area contributed by atoms with Gasteiger partial charge in [-0.05, 0) is 63.4 Å². The number of benzene rings is 1. The molecule has 3 nitrogen and oxygen atoms in total. The highest BCUT2D eigenvalue weighted by Gasteiger charge is 2.34. The van der Waals surface area contributed by atoms with Gasteiger partial charge in [0.2, 0.25) is 0 Å². The van der Waals surface area contributed by atoms with E-state index in [1.165, 1.54) is 6.42 Å². The highest BCUT2D eigenvalue weighted by atomic mass is 16.5. The maximum absolute atomic E-state index is 12.5. The fourth-order valence-corrected chi connectivity index (χ4v) is 3.62. The summed E-state index contributed by atoms with van der Waals surface area (Å²) in [6, 6.07) is 6.33. The summed E-state index contributed by atoms with van der Waals surface area (Å²) in [6.07, 6.45) is 5.43. The minimum atomic E-state index is -0.212. The first kappa shape index (κ1) is 14.3. The summed E-state index contributed by atoms with van der Waals surface area (Å²) in [5, 5.41) is 0. The van der Waals surface area contributed by atoms with Crippen LogP contribution >= 0.6 is 0 Å². The summed E-state index contributed by atoms with van der Waals surface area (Å²) in [5.41, 5.74) is 2.67. The highest BCUT2D eigenvalue weighted by Crippen LogP contribution is 2.34. The van der Waals surface area contributed by atoms with E-state index in [0.717, 1.165) is 42.2 Å². The van der Waals surface area contributed by atoms with E-state index in [1.807, 2.05) is 32.0 Å². The van der Waals surface area contributed by atoms with Gasteiger partial charge in [0.15, 0.2) is 0 Å². The number of hydrogen-bond donors (Lipinski definition) is 0. The van der Waals surface area contributed by atoms with E-state index >= 15 is 0 Å². The highest BCUT2D eigenvalue weighted by molar-refractivity contribution is 5.93. The van der Waals surface area contributed by atoms with Crippen molar-refractivity contribution in [3.8, 4) is 0 Å². The molecule has 1 aromatic carbocycles. The Kier molecular flexibility index (Phi) is 3.85. The van der Waals surface area contributed by atoms with Crippen molar-refractivity contribution in [2.45, 2.75) is 39.2 Å². The number of allylic oxidation sites excluding steroid dienone is 1. The molecule has 0 saturated carbocycles. The number of esters is 1. The van der Waals surface area contributed by atoms with Gasteiger partial charge in [0.05, 0.1) is 5.56 Å². The summed E-state index contributed by atoms with van der Waals surface area (Å²) in [7, 11) is 2.15. The summed E-state index contributed by atoms with van der Waals surface area (Å²) >= 11 is 0. The Morgan fingerprint density at radius 3 is 2.67 bits per heavy atom. The lowest BCUT2D eigenvalue weighted by Crippen LogP contribution is -2.30. The van der Waals surface area contributed by atoms with Crippen molar-refractivity contribution >= 4 is 5.97 Å². The van der Waals surface area contributed by atoms with Crippen LogP contribution in [0.3, 0.4) is 0 Å². The van der Waals surface area contributed by atoms with Crippen LogP contribution in [0.15, 0.2) is 30.0 Å². The molecule has 2 unspecified atom stereocenters. The van der Waals surface area contributed by atoms with Crippen LogP contribution < -0.4 is 0 Å². The molecular formula is C18H23NO2. The molecule has 3 rings (SSSR count). The molecule has 1 aromatic rings. The summed E-state index contributed by atoms with van der Waals surface area (Å²) in [6.45, 7) is 5.06. The van der Waals surface area contributed by atoms with Gasteiger partial charge in [-0.2, -0.15) is 0 Å². The lowest BCUT2D eigenvalue weighted by molar-refractivity contribution is 0.0596. The number of hydrogen-bond acceptors (Lipinski definition) is 3. The first-order valence-corrected chi connectivity index (χ1v) is 7.75. The number of nitrogens with zero attached hydrogens (tertiary/aromatic N) is 1. The number of aryl methyl sites for hydroxylation is 2. The van der Waals surface area contributed by atoms with Crippen LogP contribution in [-0.2, 0) is 4.74 Å². The quantitative estimate of drug-likeness (QED) is 0.779. The molecule has 1 saturated heterocycles. The van der Waals surface area contributed by atoms with E-state index in [2.05, 4.69) is 18.0 Å². The average molecular weight is 285 g/mol.